The van der Waals surface area contributed by atoms with Gasteiger partial charge in [-0.15, -0.1) is 0 Å². The Hall–Kier alpha value is -1.73. The van der Waals surface area contributed by atoms with Gasteiger partial charge in [0.25, 0.3) is 5.91 Å². The van der Waals surface area contributed by atoms with Crippen LogP contribution in [0.25, 0.3) is 0 Å². The van der Waals surface area contributed by atoms with E-state index in [1.54, 1.807) is 36.1 Å². The highest BCUT2D eigenvalue weighted by Crippen LogP contribution is 2.13. The topological polar surface area (TPSA) is 72.9 Å². The number of carbonyl (C=O) groups excluding carboxylic acids is 3. The minimum Gasteiger partial charge on any atom is -0.453 e. The van der Waals surface area contributed by atoms with E-state index in [0.717, 1.165) is 4.47 Å². The molecule has 1 aromatic carbocycles. The van der Waals surface area contributed by atoms with E-state index < -0.39 is 12.1 Å². The number of Topliss-reactive ketones (excluding diaryl/α,β-unsaturated/α-hetero) is 1. The summed E-state index contributed by atoms with van der Waals surface area (Å²) in [7, 11) is 0. The van der Waals surface area contributed by atoms with Gasteiger partial charge in [-0.3, -0.25) is 14.4 Å². The highest BCUT2D eigenvalue weighted by molar-refractivity contribution is 9.10. The smallest absolute Gasteiger partial charge is 0.307 e. The predicted octanol–water partition coefficient (Wildman–Crippen LogP) is 2.20. The van der Waals surface area contributed by atoms with Crippen LogP contribution in [0.1, 0.15) is 30.1 Å². The molecule has 2 rings (SSSR count). The van der Waals surface area contributed by atoms with Crippen LogP contribution in [0.5, 0.6) is 0 Å². The molecule has 1 heterocycles. The van der Waals surface area contributed by atoms with Gasteiger partial charge in [0.05, 0.1) is 19.6 Å². The molecule has 6 nitrogen and oxygen atoms in total. The van der Waals surface area contributed by atoms with E-state index in [0.29, 0.717) is 31.9 Å². The van der Waals surface area contributed by atoms with E-state index in [1.807, 2.05) is 0 Å². The van der Waals surface area contributed by atoms with Crippen molar-refractivity contribution in [3.63, 3.8) is 0 Å². The summed E-state index contributed by atoms with van der Waals surface area (Å²) in [6.07, 6.45) is -0.840. The summed E-state index contributed by atoms with van der Waals surface area (Å²) in [5.74, 6) is -0.910. The average molecular weight is 398 g/mol. The number of morpholine rings is 1. The van der Waals surface area contributed by atoms with Crippen LogP contribution in [0.15, 0.2) is 28.7 Å². The van der Waals surface area contributed by atoms with Crippen LogP contribution in [-0.2, 0) is 19.1 Å². The highest BCUT2D eigenvalue weighted by atomic mass is 79.9. The molecule has 1 aliphatic heterocycles. The van der Waals surface area contributed by atoms with Crippen molar-refractivity contribution in [3.8, 4) is 0 Å². The molecule has 0 aromatic heterocycles. The molecule has 7 heteroatoms. The summed E-state index contributed by atoms with van der Waals surface area (Å²) in [6, 6.07) is 6.94. The monoisotopic (exact) mass is 397 g/mol. The number of hydrogen-bond donors (Lipinski definition) is 0. The maximum atomic E-state index is 12.1. The Morgan fingerprint density at radius 1 is 1.17 bits per heavy atom. The first-order valence-electron chi connectivity index (χ1n) is 7.82. The van der Waals surface area contributed by atoms with Gasteiger partial charge in [0.15, 0.2) is 11.9 Å². The maximum Gasteiger partial charge on any atom is 0.307 e. The van der Waals surface area contributed by atoms with Gasteiger partial charge in [0, 0.05) is 29.5 Å². The van der Waals surface area contributed by atoms with Crippen LogP contribution in [0, 0.1) is 0 Å². The molecule has 1 saturated heterocycles. The largest absolute Gasteiger partial charge is 0.453 e. The van der Waals surface area contributed by atoms with Crippen molar-refractivity contribution in [1.29, 1.82) is 0 Å². The molecule has 0 aliphatic carbocycles. The van der Waals surface area contributed by atoms with E-state index in [1.165, 1.54) is 0 Å². The molecule has 0 radical (unpaired) electrons. The van der Waals surface area contributed by atoms with Gasteiger partial charge in [-0.2, -0.15) is 0 Å². The fourth-order valence-electron chi connectivity index (χ4n) is 2.34. The molecule has 1 atom stereocenters. The number of halogens is 1. The summed E-state index contributed by atoms with van der Waals surface area (Å²) in [5, 5.41) is 0. The lowest BCUT2D eigenvalue weighted by Crippen LogP contribution is -2.46. The summed E-state index contributed by atoms with van der Waals surface area (Å²) in [6.45, 7) is 3.54. The number of nitrogens with zero attached hydrogens (tertiary/aromatic N) is 1. The third kappa shape index (κ3) is 5.42. The van der Waals surface area contributed by atoms with Crippen molar-refractivity contribution in [1.82, 2.24) is 4.90 Å². The molecular formula is C17H20BrNO5. The van der Waals surface area contributed by atoms with E-state index in [9.17, 15) is 14.4 Å². The first-order chi connectivity index (χ1) is 11.5. The molecule has 1 fully saturated rings. The van der Waals surface area contributed by atoms with E-state index in [2.05, 4.69) is 15.9 Å². The molecule has 1 amide bonds. The normalized spacial score (nSPS) is 15.7. The Balaban J connectivity index is 1.76. The van der Waals surface area contributed by atoms with E-state index in [4.69, 9.17) is 9.47 Å². The number of ether oxygens (including phenoxy) is 2. The molecule has 24 heavy (non-hydrogen) atoms. The average Bonchev–Trinajstić information content (AvgIpc) is 2.60. The summed E-state index contributed by atoms with van der Waals surface area (Å²) in [5.41, 5.74) is 0.545. The number of carbonyl (C=O) groups is 3. The zero-order valence-electron chi connectivity index (χ0n) is 13.5. The second kappa shape index (κ2) is 8.94. The number of rotatable bonds is 6. The SMILES string of the molecule is CC(OC(=O)CCC(=O)c1ccc(Br)cc1)C(=O)N1CCOCC1. The fraction of sp³-hybridized carbons (Fsp3) is 0.471. The number of benzene rings is 1. The molecule has 0 bridgehead atoms. The Bertz CT molecular complexity index is 596. The second-order valence-corrected chi connectivity index (χ2v) is 6.42. The predicted molar refractivity (Wildman–Crippen MR) is 90.7 cm³/mol. The van der Waals surface area contributed by atoms with Crippen LogP contribution < -0.4 is 0 Å². The second-order valence-electron chi connectivity index (χ2n) is 5.50. The van der Waals surface area contributed by atoms with Gasteiger partial charge in [-0.1, -0.05) is 28.1 Å². The van der Waals surface area contributed by atoms with E-state index >= 15 is 0 Å². The van der Waals surface area contributed by atoms with Crippen LogP contribution in [0.3, 0.4) is 0 Å². The summed E-state index contributed by atoms with van der Waals surface area (Å²) < 4.78 is 11.2. The van der Waals surface area contributed by atoms with Gasteiger partial charge in [-0.05, 0) is 19.1 Å². The van der Waals surface area contributed by atoms with Crippen LogP contribution in [-0.4, -0.2) is 55.0 Å². The zero-order valence-corrected chi connectivity index (χ0v) is 15.1. The first-order valence-corrected chi connectivity index (χ1v) is 8.61. The Labute approximate surface area is 149 Å². The van der Waals surface area contributed by atoms with Gasteiger partial charge < -0.3 is 14.4 Å². The molecule has 1 unspecified atom stereocenters. The lowest BCUT2D eigenvalue weighted by molar-refractivity contribution is -0.160. The number of esters is 1. The summed E-state index contributed by atoms with van der Waals surface area (Å²) >= 11 is 3.30. The van der Waals surface area contributed by atoms with Gasteiger partial charge >= 0.3 is 5.97 Å². The van der Waals surface area contributed by atoms with Gasteiger partial charge in [0.2, 0.25) is 0 Å². The van der Waals surface area contributed by atoms with E-state index in [-0.39, 0.29) is 24.5 Å². The standard InChI is InChI=1S/C17H20BrNO5/c1-12(17(22)19-8-10-23-11-9-19)24-16(21)7-6-15(20)13-2-4-14(18)5-3-13/h2-5,12H,6-11H2,1H3. The first kappa shape index (κ1) is 18.6. The number of hydrogen-bond acceptors (Lipinski definition) is 5. The fourth-order valence-corrected chi connectivity index (χ4v) is 2.61. The van der Waals surface area contributed by atoms with Crippen molar-refractivity contribution in [2.45, 2.75) is 25.9 Å². The Morgan fingerprint density at radius 2 is 1.79 bits per heavy atom. The van der Waals surface area contributed by atoms with Crippen molar-refractivity contribution in [2.24, 2.45) is 0 Å². The molecule has 130 valence electrons. The molecule has 0 saturated carbocycles. The Kier molecular flexibility index (Phi) is 6.93. The highest BCUT2D eigenvalue weighted by Gasteiger charge is 2.25. The lowest BCUT2D eigenvalue weighted by atomic mass is 10.1. The third-order valence-corrected chi connectivity index (χ3v) is 4.23. The van der Waals surface area contributed by atoms with Gasteiger partial charge in [-0.25, -0.2) is 0 Å². The zero-order chi connectivity index (χ0) is 17.5. The molecule has 0 spiro atoms. The van der Waals surface area contributed by atoms with Crippen molar-refractivity contribution >= 4 is 33.6 Å². The van der Waals surface area contributed by atoms with Crippen molar-refractivity contribution in [2.75, 3.05) is 26.3 Å². The lowest BCUT2D eigenvalue weighted by Gasteiger charge is -2.28. The third-order valence-electron chi connectivity index (χ3n) is 3.70. The van der Waals surface area contributed by atoms with Gasteiger partial charge in [0.1, 0.15) is 0 Å². The molecule has 1 aromatic rings. The molecule has 0 N–H and O–H groups in total. The Morgan fingerprint density at radius 3 is 2.42 bits per heavy atom. The van der Waals surface area contributed by atoms with Crippen molar-refractivity contribution in [3.05, 3.63) is 34.3 Å². The van der Waals surface area contributed by atoms with Crippen LogP contribution >= 0.6 is 15.9 Å². The minimum absolute atomic E-state index is 0.0460. The number of ketones is 1. The van der Waals surface area contributed by atoms with Crippen LogP contribution in [0.2, 0.25) is 0 Å². The minimum atomic E-state index is -0.849. The number of amides is 1. The molecular weight excluding hydrogens is 378 g/mol. The summed E-state index contributed by atoms with van der Waals surface area (Å²) in [4.78, 5) is 37.6. The van der Waals surface area contributed by atoms with Crippen molar-refractivity contribution < 1.29 is 23.9 Å². The van der Waals surface area contributed by atoms with Crippen LogP contribution in [0.4, 0.5) is 0 Å². The quantitative estimate of drug-likeness (QED) is 0.543. The maximum absolute atomic E-state index is 12.1. The molecule has 1 aliphatic rings.